The number of nitrogens with one attached hydrogen (secondary N) is 1. The van der Waals surface area contributed by atoms with Gasteiger partial charge in [0.15, 0.2) is 0 Å². The molecule has 0 spiro atoms. The van der Waals surface area contributed by atoms with Crippen molar-refractivity contribution >= 4 is 5.82 Å². The molecule has 1 aromatic rings. The van der Waals surface area contributed by atoms with E-state index in [9.17, 15) is 10.1 Å². The third-order valence-corrected chi connectivity index (χ3v) is 1.76. The fourth-order valence-corrected chi connectivity index (χ4v) is 1.04. The van der Waals surface area contributed by atoms with Crippen LogP contribution in [0.5, 0.6) is 5.75 Å². The van der Waals surface area contributed by atoms with Gasteiger partial charge in [0.25, 0.3) is 0 Å². The van der Waals surface area contributed by atoms with Crippen LogP contribution in [0, 0.1) is 17.0 Å². The minimum Gasteiger partial charge on any atom is -0.484 e. The zero-order valence-corrected chi connectivity index (χ0v) is 8.69. The van der Waals surface area contributed by atoms with Gasteiger partial charge in [-0.2, -0.15) is 0 Å². The van der Waals surface area contributed by atoms with E-state index in [0.717, 1.165) is 0 Å². The summed E-state index contributed by atoms with van der Waals surface area (Å²) in [5, 5.41) is 13.5. The molecule has 82 valence electrons. The molecule has 0 amide bonds. The maximum absolute atomic E-state index is 10.7. The summed E-state index contributed by atoms with van der Waals surface area (Å²) in [6, 6.07) is 3.25. The first-order chi connectivity index (χ1) is 7.15. The molecule has 0 atom stereocenters. The topological polar surface area (TPSA) is 77.3 Å². The molecule has 15 heavy (non-hydrogen) atoms. The molecule has 1 heterocycles. The number of aromatic nitrogens is 1. The van der Waals surface area contributed by atoms with Gasteiger partial charge in [0, 0.05) is 13.5 Å². The lowest BCUT2D eigenvalue weighted by atomic mass is 10.3. The SMILES string of the molecule is CNCCOc1ccc(C)nc1[N+](=O)[O-]. The van der Waals surface area contributed by atoms with Gasteiger partial charge in [-0.3, -0.25) is 0 Å². The Hall–Kier alpha value is -1.69. The Bertz CT molecular complexity index is 354. The highest BCUT2D eigenvalue weighted by molar-refractivity contribution is 5.40. The number of rotatable bonds is 5. The van der Waals surface area contributed by atoms with E-state index in [4.69, 9.17) is 4.74 Å². The zero-order valence-electron chi connectivity index (χ0n) is 8.69. The summed E-state index contributed by atoms with van der Waals surface area (Å²) in [5.41, 5.74) is 0.600. The molecular weight excluding hydrogens is 198 g/mol. The predicted molar refractivity (Wildman–Crippen MR) is 55.1 cm³/mol. The molecule has 6 heteroatoms. The Morgan fingerprint density at radius 2 is 2.33 bits per heavy atom. The van der Waals surface area contributed by atoms with Crippen molar-refractivity contribution < 1.29 is 9.66 Å². The van der Waals surface area contributed by atoms with Crippen molar-refractivity contribution in [3.63, 3.8) is 0 Å². The quantitative estimate of drug-likeness (QED) is 0.444. The lowest BCUT2D eigenvalue weighted by molar-refractivity contribution is -0.390. The molecule has 0 radical (unpaired) electrons. The molecule has 0 unspecified atom stereocenters. The van der Waals surface area contributed by atoms with Gasteiger partial charge in [-0.25, -0.2) is 0 Å². The van der Waals surface area contributed by atoms with E-state index in [1.54, 1.807) is 26.1 Å². The van der Waals surface area contributed by atoms with Crippen LogP contribution in [0.2, 0.25) is 0 Å². The second-order valence-corrected chi connectivity index (χ2v) is 2.98. The van der Waals surface area contributed by atoms with Crippen LogP contribution in [0.3, 0.4) is 0 Å². The first kappa shape index (κ1) is 11.4. The monoisotopic (exact) mass is 211 g/mol. The van der Waals surface area contributed by atoms with Crippen LogP contribution in [0.1, 0.15) is 5.69 Å². The van der Waals surface area contributed by atoms with E-state index in [1.165, 1.54) is 0 Å². The number of likely N-dealkylation sites (N-methyl/N-ethyl adjacent to an activating group) is 1. The molecule has 0 saturated carbocycles. The molecule has 0 aliphatic carbocycles. The van der Waals surface area contributed by atoms with Crippen molar-refractivity contribution in [2.45, 2.75) is 6.92 Å². The predicted octanol–water partition coefficient (Wildman–Crippen LogP) is 0.896. The minimum absolute atomic E-state index is 0.209. The molecule has 0 aromatic carbocycles. The maximum atomic E-state index is 10.7. The van der Waals surface area contributed by atoms with E-state index >= 15 is 0 Å². The highest BCUT2D eigenvalue weighted by atomic mass is 16.6. The van der Waals surface area contributed by atoms with E-state index < -0.39 is 4.92 Å². The Morgan fingerprint density at radius 1 is 1.60 bits per heavy atom. The summed E-state index contributed by atoms with van der Waals surface area (Å²) in [5.74, 6) is -0.0213. The molecule has 0 saturated heterocycles. The summed E-state index contributed by atoms with van der Waals surface area (Å²) in [7, 11) is 1.78. The summed E-state index contributed by atoms with van der Waals surface area (Å²) >= 11 is 0. The molecule has 1 N–H and O–H groups in total. The third kappa shape index (κ3) is 3.17. The lowest BCUT2D eigenvalue weighted by Crippen LogP contribution is -2.16. The largest absolute Gasteiger partial charge is 0.484 e. The van der Waals surface area contributed by atoms with Gasteiger partial charge in [0.1, 0.15) is 12.3 Å². The first-order valence-corrected chi connectivity index (χ1v) is 4.54. The average molecular weight is 211 g/mol. The van der Waals surface area contributed by atoms with Gasteiger partial charge in [-0.1, -0.05) is 0 Å². The number of aryl methyl sites for hydroxylation is 1. The number of nitro groups is 1. The number of pyridine rings is 1. The van der Waals surface area contributed by atoms with E-state index in [-0.39, 0.29) is 11.6 Å². The van der Waals surface area contributed by atoms with Crippen molar-refractivity contribution in [2.75, 3.05) is 20.2 Å². The van der Waals surface area contributed by atoms with Gasteiger partial charge >= 0.3 is 5.82 Å². The molecule has 0 bridgehead atoms. The van der Waals surface area contributed by atoms with Crippen molar-refractivity contribution in [1.29, 1.82) is 0 Å². The van der Waals surface area contributed by atoms with Gasteiger partial charge in [-0.15, -0.1) is 0 Å². The van der Waals surface area contributed by atoms with Gasteiger partial charge in [0.05, 0.1) is 0 Å². The smallest absolute Gasteiger partial charge is 0.406 e. The zero-order chi connectivity index (χ0) is 11.3. The Labute approximate surface area is 87.4 Å². The maximum Gasteiger partial charge on any atom is 0.406 e. The summed E-state index contributed by atoms with van der Waals surface area (Å²) in [4.78, 5) is 13.9. The van der Waals surface area contributed by atoms with Crippen LogP contribution in [-0.4, -0.2) is 30.1 Å². The number of nitrogens with zero attached hydrogens (tertiary/aromatic N) is 2. The Kier molecular flexibility index (Phi) is 3.99. The second kappa shape index (κ2) is 5.26. The fourth-order valence-electron chi connectivity index (χ4n) is 1.04. The van der Waals surface area contributed by atoms with Crippen LogP contribution < -0.4 is 10.1 Å². The van der Waals surface area contributed by atoms with Crippen LogP contribution in [-0.2, 0) is 0 Å². The van der Waals surface area contributed by atoms with Gasteiger partial charge in [-0.05, 0) is 29.1 Å². The summed E-state index contributed by atoms with van der Waals surface area (Å²) in [6.07, 6.45) is 0. The second-order valence-electron chi connectivity index (χ2n) is 2.98. The van der Waals surface area contributed by atoms with E-state index in [2.05, 4.69) is 10.3 Å². The standard InChI is InChI=1S/C9H13N3O3/c1-7-3-4-8(15-6-5-10-2)9(11-7)12(13)14/h3-4,10H,5-6H2,1-2H3. The normalized spacial score (nSPS) is 10.0. The number of ether oxygens (including phenoxy) is 1. The highest BCUT2D eigenvalue weighted by Crippen LogP contribution is 2.23. The Balaban J connectivity index is 2.81. The van der Waals surface area contributed by atoms with Crippen molar-refractivity contribution in [3.05, 3.63) is 27.9 Å². The first-order valence-electron chi connectivity index (χ1n) is 4.54. The molecule has 0 aliphatic rings. The van der Waals surface area contributed by atoms with Gasteiger partial charge < -0.3 is 20.2 Å². The fraction of sp³-hybridized carbons (Fsp3) is 0.444. The third-order valence-electron chi connectivity index (χ3n) is 1.76. The summed E-state index contributed by atoms with van der Waals surface area (Å²) in [6.45, 7) is 2.71. The minimum atomic E-state index is -0.540. The summed E-state index contributed by atoms with van der Waals surface area (Å²) < 4.78 is 5.23. The molecule has 0 aliphatic heterocycles. The average Bonchev–Trinajstić information content (AvgIpc) is 2.20. The van der Waals surface area contributed by atoms with Crippen molar-refractivity contribution in [3.8, 4) is 5.75 Å². The lowest BCUT2D eigenvalue weighted by Gasteiger charge is -2.05. The van der Waals surface area contributed by atoms with Crippen LogP contribution >= 0.6 is 0 Å². The number of hydrogen-bond acceptors (Lipinski definition) is 5. The molecule has 6 nitrogen and oxygen atoms in total. The van der Waals surface area contributed by atoms with Crippen LogP contribution in [0.4, 0.5) is 5.82 Å². The van der Waals surface area contributed by atoms with Crippen LogP contribution in [0.15, 0.2) is 12.1 Å². The molecule has 1 rings (SSSR count). The Morgan fingerprint density at radius 3 is 2.93 bits per heavy atom. The van der Waals surface area contributed by atoms with Crippen molar-refractivity contribution in [1.82, 2.24) is 10.3 Å². The van der Waals surface area contributed by atoms with Gasteiger partial charge in [0.2, 0.25) is 5.75 Å². The molecule has 1 aromatic heterocycles. The molecule has 0 fully saturated rings. The van der Waals surface area contributed by atoms with Crippen molar-refractivity contribution in [2.24, 2.45) is 0 Å². The van der Waals surface area contributed by atoms with E-state index in [0.29, 0.717) is 18.8 Å². The van der Waals surface area contributed by atoms with E-state index in [1.807, 2.05) is 0 Å². The molecular formula is C9H13N3O3. The highest BCUT2D eigenvalue weighted by Gasteiger charge is 2.16. The number of hydrogen-bond donors (Lipinski definition) is 1. The van der Waals surface area contributed by atoms with Crippen LogP contribution in [0.25, 0.3) is 0 Å².